The van der Waals surface area contributed by atoms with Gasteiger partial charge in [-0.15, -0.1) is 0 Å². The Morgan fingerprint density at radius 1 is 1.10 bits per heavy atom. The summed E-state index contributed by atoms with van der Waals surface area (Å²) in [6, 6.07) is 12.4. The molecule has 0 spiro atoms. The first-order valence-corrected chi connectivity index (χ1v) is 9.56. The van der Waals surface area contributed by atoms with E-state index in [1.807, 2.05) is 0 Å². The molecule has 0 aliphatic carbocycles. The molecule has 0 saturated carbocycles. The molecule has 10 heteroatoms. The number of hydrogen-bond donors (Lipinski definition) is 4. The summed E-state index contributed by atoms with van der Waals surface area (Å²) in [6.07, 6.45) is -4.15. The highest BCUT2D eigenvalue weighted by atomic mass is 35.5. The topological polar surface area (TPSA) is 94.4 Å². The second-order valence-electron chi connectivity index (χ2n) is 6.24. The summed E-state index contributed by atoms with van der Waals surface area (Å²) < 4.78 is 43.8. The molecule has 0 aromatic heterocycles. The number of allylic oxidation sites excluding steroid dienone is 1. The van der Waals surface area contributed by atoms with Crippen molar-refractivity contribution in [2.45, 2.75) is 6.18 Å². The van der Waals surface area contributed by atoms with Crippen molar-refractivity contribution >= 4 is 34.6 Å². The molecule has 2 rings (SSSR count). The molecule has 0 fully saturated rings. The van der Waals surface area contributed by atoms with Crippen molar-refractivity contribution in [2.75, 3.05) is 31.7 Å². The molecule has 6 nitrogen and oxygen atoms in total. The number of benzene rings is 2. The summed E-state index contributed by atoms with van der Waals surface area (Å²) in [4.78, 5) is 12.2. The minimum absolute atomic E-state index is 0.000198. The third kappa shape index (κ3) is 7.71. The number of anilines is 1. The van der Waals surface area contributed by atoms with Crippen LogP contribution in [-0.2, 0) is 4.74 Å². The zero-order valence-corrected chi connectivity index (χ0v) is 17.1. The zero-order valence-electron chi connectivity index (χ0n) is 16.3. The van der Waals surface area contributed by atoms with Crippen molar-refractivity contribution in [3.63, 3.8) is 0 Å². The van der Waals surface area contributed by atoms with E-state index in [1.165, 1.54) is 24.3 Å². The molecule has 166 valence electrons. The SMILES string of the molecule is N=C(/C=C(\Nc1ccccc1Cl)c1ccc(C(=O)NCCOCCO)cc1)C(F)(F)F. The summed E-state index contributed by atoms with van der Waals surface area (Å²) in [6.45, 7) is 0.533. The van der Waals surface area contributed by atoms with Gasteiger partial charge in [-0.05, 0) is 35.9 Å². The maximum absolute atomic E-state index is 12.9. The number of carbonyl (C=O) groups excluding carboxylic acids is 1. The summed E-state index contributed by atoms with van der Waals surface area (Å²) in [5.41, 5.74) is -0.535. The Hall–Kier alpha value is -2.88. The lowest BCUT2D eigenvalue weighted by atomic mass is 10.1. The van der Waals surface area contributed by atoms with Crippen molar-refractivity contribution in [3.8, 4) is 0 Å². The van der Waals surface area contributed by atoms with E-state index in [0.717, 1.165) is 0 Å². The van der Waals surface area contributed by atoms with Gasteiger partial charge in [0.15, 0.2) is 0 Å². The lowest BCUT2D eigenvalue weighted by molar-refractivity contribution is -0.0583. The molecule has 2 aromatic carbocycles. The van der Waals surface area contributed by atoms with E-state index in [2.05, 4.69) is 10.6 Å². The normalized spacial score (nSPS) is 11.8. The first-order chi connectivity index (χ1) is 14.7. The lowest BCUT2D eigenvalue weighted by Crippen LogP contribution is -2.27. The minimum atomic E-state index is -4.81. The molecule has 2 aromatic rings. The van der Waals surface area contributed by atoms with Crippen molar-refractivity contribution in [1.82, 2.24) is 5.32 Å². The highest BCUT2D eigenvalue weighted by Crippen LogP contribution is 2.27. The number of amides is 1. The van der Waals surface area contributed by atoms with Crippen LogP contribution in [0, 0.1) is 5.41 Å². The summed E-state index contributed by atoms with van der Waals surface area (Å²) in [5, 5.41) is 21.7. The third-order valence-electron chi connectivity index (χ3n) is 3.96. The summed E-state index contributed by atoms with van der Waals surface area (Å²) in [7, 11) is 0. The van der Waals surface area contributed by atoms with Crippen LogP contribution in [-0.4, -0.2) is 49.3 Å². The van der Waals surface area contributed by atoms with Crippen molar-refractivity contribution in [3.05, 3.63) is 70.8 Å². The van der Waals surface area contributed by atoms with Crippen LogP contribution < -0.4 is 10.6 Å². The number of nitrogens with one attached hydrogen (secondary N) is 3. The number of carbonyl (C=O) groups is 1. The van der Waals surface area contributed by atoms with Crippen LogP contribution in [0.5, 0.6) is 0 Å². The van der Waals surface area contributed by atoms with Gasteiger partial charge in [-0.25, -0.2) is 0 Å². The van der Waals surface area contributed by atoms with E-state index in [-0.39, 0.29) is 38.0 Å². The van der Waals surface area contributed by atoms with Crippen LogP contribution in [0.15, 0.2) is 54.6 Å². The fraction of sp³-hybridized carbons (Fsp3) is 0.238. The Kier molecular flexibility index (Phi) is 9.04. The molecule has 0 unspecified atom stereocenters. The van der Waals surface area contributed by atoms with Gasteiger partial charge in [0.25, 0.3) is 5.91 Å². The number of ether oxygens (including phenoxy) is 1. The van der Waals surface area contributed by atoms with Crippen molar-refractivity contribution in [2.24, 2.45) is 0 Å². The molecule has 0 atom stereocenters. The van der Waals surface area contributed by atoms with Gasteiger partial charge in [0.1, 0.15) is 5.71 Å². The largest absolute Gasteiger partial charge is 0.432 e. The Bertz CT molecular complexity index is 931. The molecule has 0 saturated heterocycles. The lowest BCUT2D eigenvalue weighted by Gasteiger charge is -2.15. The second kappa shape index (κ2) is 11.5. The molecule has 0 aliphatic rings. The van der Waals surface area contributed by atoms with Crippen molar-refractivity contribution < 1.29 is 27.8 Å². The second-order valence-corrected chi connectivity index (χ2v) is 6.65. The monoisotopic (exact) mass is 455 g/mol. The molecule has 0 bridgehead atoms. The molecule has 4 N–H and O–H groups in total. The molecule has 1 amide bonds. The Morgan fingerprint density at radius 2 is 1.74 bits per heavy atom. The molecular weight excluding hydrogens is 435 g/mol. The fourth-order valence-corrected chi connectivity index (χ4v) is 2.61. The maximum Gasteiger partial charge on any atom is 0.432 e. The molecular formula is C21H21ClF3N3O3. The van der Waals surface area contributed by atoms with Crippen LogP contribution in [0.25, 0.3) is 5.70 Å². The fourth-order valence-electron chi connectivity index (χ4n) is 2.43. The van der Waals surface area contributed by atoms with Gasteiger partial charge in [0.2, 0.25) is 0 Å². The van der Waals surface area contributed by atoms with Crippen LogP contribution in [0.3, 0.4) is 0 Å². The number of halogens is 4. The smallest absolute Gasteiger partial charge is 0.394 e. The van der Waals surface area contributed by atoms with Gasteiger partial charge in [-0.1, -0.05) is 35.9 Å². The number of aliphatic hydroxyl groups excluding tert-OH is 1. The minimum Gasteiger partial charge on any atom is -0.394 e. The van der Waals surface area contributed by atoms with Gasteiger partial charge in [-0.2, -0.15) is 13.2 Å². The molecule has 0 aliphatic heterocycles. The third-order valence-corrected chi connectivity index (χ3v) is 4.29. The Labute approximate surface area is 182 Å². The van der Waals surface area contributed by atoms with Gasteiger partial charge in [0.05, 0.1) is 30.5 Å². The maximum atomic E-state index is 12.9. The predicted octanol–water partition coefficient (Wildman–Crippen LogP) is 4.11. The number of rotatable bonds is 10. The van der Waals surface area contributed by atoms with Crippen LogP contribution in [0.1, 0.15) is 15.9 Å². The van der Waals surface area contributed by atoms with Gasteiger partial charge in [-0.3, -0.25) is 10.2 Å². The quantitative estimate of drug-likeness (QED) is 0.320. The van der Waals surface area contributed by atoms with E-state index in [1.54, 1.807) is 24.3 Å². The van der Waals surface area contributed by atoms with Gasteiger partial charge in [0, 0.05) is 17.8 Å². The van der Waals surface area contributed by atoms with Gasteiger partial charge >= 0.3 is 6.18 Å². The summed E-state index contributed by atoms with van der Waals surface area (Å²) >= 11 is 6.09. The highest BCUT2D eigenvalue weighted by Gasteiger charge is 2.33. The van der Waals surface area contributed by atoms with E-state index >= 15 is 0 Å². The standard InChI is InChI=1S/C21H21ClF3N3O3/c22-16-3-1-2-4-17(16)28-18(13-19(26)21(23,24)25)14-5-7-15(8-6-14)20(30)27-9-11-31-12-10-29/h1-8,13,26,28-29H,9-12H2,(H,27,30)/b18-13-,26-19?. The molecule has 31 heavy (non-hydrogen) atoms. The Balaban J connectivity index is 2.20. The summed E-state index contributed by atoms with van der Waals surface area (Å²) in [5.74, 6) is -0.383. The Morgan fingerprint density at radius 3 is 2.35 bits per heavy atom. The number of hydrogen-bond acceptors (Lipinski definition) is 5. The average Bonchev–Trinajstić information content (AvgIpc) is 2.74. The van der Waals surface area contributed by atoms with E-state index in [9.17, 15) is 18.0 Å². The number of para-hydroxylation sites is 1. The zero-order chi connectivity index (χ0) is 22.9. The van der Waals surface area contributed by atoms with E-state index < -0.39 is 11.9 Å². The number of alkyl halides is 3. The van der Waals surface area contributed by atoms with Crippen LogP contribution in [0.2, 0.25) is 5.02 Å². The highest BCUT2D eigenvalue weighted by molar-refractivity contribution is 6.33. The van der Waals surface area contributed by atoms with Crippen molar-refractivity contribution in [1.29, 1.82) is 5.41 Å². The first kappa shape index (κ1) is 24.4. The molecule has 0 radical (unpaired) electrons. The molecule has 0 heterocycles. The van der Waals surface area contributed by atoms with Crippen LogP contribution >= 0.6 is 11.6 Å². The predicted molar refractivity (Wildman–Crippen MR) is 114 cm³/mol. The first-order valence-electron chi connectivity index (χ1n) is 9.18. The average molecular weight is 456 g/mol. The van der Waals surface area contributed by atoms with E-state index in [4.69, 9.17) is 26.9 Å². The van der Waals surface area contributed by atoms with Crippen LogP contribution in [0.4, 0.5) is 18.9 Å². The van der Waals surface area contributed by atoms with Gasteiger partial charge < -0.3 is 20.5 Å². The van der Waals surface area contributed by atoms with E-state index in [0.29, 0.717) is 27.9 Å². The number of aliphatic hydroxyl groups is 1.